The van der Waals surface area contributed by atoms with Gasteiger partial charge < -0.3 is 20.4 Å². The Balaban J connectivity index is 1.21. The van der Waals surface area contributed by atoms with E-state index in [1.54, 1.807) is 0 Å². The molecule has 0 bridgehead atoms. The highest BCUT2D eigenvalue weighted by molar-refractivity contribution is 7.80. The number of fused-ring (bicyclic) bond motifs is 1. The van der Waals surface area contributed by atoms with Crippen molar-refractivity contribution in [3.05, 3.63) is 76.3 Å². The van der Waals surface area contributed by atoms with Gasteiger partial charge in [-0.2, -0.15) is 9.97 Å². The molecule has 8 heteroatoms. The molecule has 39 heavy (non-hydrogen) atoms. The molecule has 3 heterocycles. The number of thiocarbonyl (C=S) groups is 1. The maximum atomic E-state index is 6.36. The quantitative estimate of drug-likeness (QED) is 0.334. The van der Waals surface area contributed by atoms with Gasteiger partial charge in [0.2, 0.25) is 5.95 Å². The van der Waals surface area contributed by atoms with Gasteiger partial charge in [0.25, 0.3) is 0 Å². The Labute approximate surface area is 242 Å². The van der Waals surface area contributed by atoms with Gasteiger partial charge in [-0.1, -0.05) is 60.8 Å². The number of aromatic nitrogens is 2. The molecular weight excluding hydrogens is 524 g/mol. The molecule has 204 valence electrons. The van der Waals surface area contributed by atoms with Crippen LogP contribution in [0, 0.1) is 0 Å². The van der Waals surface area contributed by atoms with Crippen LogP contribution >= 0.6 is 23.8 Å². The van der Waals surface area contributed by atoms with Crippen molar-refractivity contribution < 1.29 is 0 Å². The first-order valence-electron chi connectivity index (χ1n) is 14.3. The number of anilines is 3. The van der Waals surface area contributed by atoms with Gasteiger partial charge in [0.15, 0.2) is 5.11 Å². The fourth-order valence-electron chi connectivity index (χ4n) is 6.45. The molecule has 0 amide bonds. The molecule has 1 aliphatic carbocycles. The second kappa shape index (κ2) is 11.7. The summed E-state index contributed by atoms with van der Waals surface area (Å²) >= 11 is 12.1. The first kappa shape index (κ1) is 26.3. The molecule has 2 N–H and O–H groups in total. The zero-order valence-electron chi connectivity index (χ0n) is 22.5. The fourth-order valence-corrected chi connectivity index (χ4v) is 6.80. The monoisotopic (exact) mass is 560 g/mol. The summed E-state index contributed by atoms with van der Waals surface area (Å²) in [6.45, 7) is 4.63. The molecule has 2 fully saturated rings. The maximum absolute atomic E-state index is 6.36. The molecule has 2 aromatic carbocycles. The van der Waals surface area contributed by atoms with Crippen LogP contribution in [0.15, 0.2) is 54.6 Å². The van der Waals surface area contributed by atoms with E-state index in [9.17, 15) is 0 Å². The molecule has 6 rings (SSSR count). The van der Waals surface area contributed by atoms with Crippen LogP contribution in [-0.4, -0.2) is 41.3 Å². The number of hydrogen-bond acceptors (Lipinski definition) is 5. The van der Waals surface area contributed by atoms with Gasteiger partial charge >= 0.3 is 0 Å². The van der Waals surface area contributed by atoms with Crippen LogP contribution in [0.4, 0.5) is 17.6 Å². The molecule has 2 aliphatic heterocycles. The van der Waals surface area contributed by atoms with E-state index in [0.717, 1.165) is 68.6 Å². The molecule has 3 aromatic rings. The molecule has 1 saturated heterocycles. The van der Waals surface area contributed by atoms with E-state index in [-0.39, 0.29) is 5.41 Å². The van der Waals surface area contributed by atoms with Crippen LogP contribution in [0.2, 0.25) is 5.02 Å². The van der Waals surface area contributed by atoms with Crippen LogP contribution in [0.25, 0.3) is 0 Å². The third-order valence-electron chi connectivity index (χ3n) is 8.64. The molecule has 6 nitrogen and oxygen atoms in total. The summed E-state index contributed by atoms with van der Waals surface area (Å²) in [6, 6.07) is 19.2. The summed E-state index contributed by atoms with van der Waals surface area (Å²) in [4.78, 5) is 14.7. The molecule has 1 aromatic heterocycles. The predicted octanol–water partition coefficient (Wildman–Crippen LogP) is 6.48. The van der Waals surface area contributed by atoms with Crippen LogP contribution in [0.5, 0.6) is 0 Å². The van der Waals surface area contributed by atoms with Crippen molar-refractivity contribution >= 4 is 46.5 Å². The summed E-state index contributed by atoms with van der Waals surface area (Å²) in [5, 5.41) is 8.21. The van der Waals surface area contributed by atoms with Crippen molar-refractivity contribution in [3.63, 3.8) is 0 Å². The maximum Gasteiger partial charge on any atom is 0.232 e. The first-order valence-corrected chi connectivity index (χ1v) is 15.1. The Hall–Kier alpha value is -2.90. The minimum atomic E-state index is 0.0412. The van der Waals surface area contributed by atoms with E-state index >= 15 is 0 Å². The number of hydrogen-bond donors (Lipinski definition) is 2. The van der Waals surface area contributed by atoms with E-state index in [0.29, 0.717) is 11.1 Å². The van der Waals surface area contributed by atoms with Crippen LogP contribution in [-0.2, 0) is 18.4 Å². The van der Waals surface area contributed by atoms with E-state index in [1.807, 2.05) is 6.07 Å². The van der Waals surface area contributed by atoms with E-state index in [4.69, 9.17) is 33.8 Å². The Bertz CT molecular complexity index is 1320. The third kappa shape index (κ3) is 5.99. The molecule has 0 unspecified atom stereocenters. The van der Waals surface area contributed by atoms with Crippen molar-refractivity contribution in [2.24, 2.45) is 0 Å². The molecule has 0 atom stereocenters. The second-order valence-corrected chi connectivity index (χ2v) is 12.0. The third-order valence-corrected chi connectivity index (χ3v) is 9.13. The van der Waals surface area contributed by atoms with Gasteiger partial charge in [0, 0.05) is 49.2 Å². The summed E-state index contributed by atoms with van der Waals surface area (Å²) in [5.41, 5.74) is 4.14. The minimum absolute atomic E-state index is 0.0412. The van der Waals surface area contributed by atoms with Gasteiger partial charge in [0.05, 0.1) is 0 Å². The van der Waals surface area contributed by atoms with Gasteiger partial charge in [-0.3, -0.25) is 0 Å². The fraction of sp³-hybridized carbons (Fsp3) is 0.452. The lowest BCUT2D eigenvalue weighted by atomic mass is 9.79. The van der Waals surface area contributed by atoms with Crippen molar-refractivity contribution in [3.8, 4) is 0 Å². The zero-order chi connectivity index (χ0) is 26.7. The number of rotatable bonds is 6. The Morgan fingerprint density at radius 3 is 2.36 bits per heavy atom. The van der Waals surface area contributed by atoms with E-state index in [1.165, 1.54) is 48.8 Å². The van der Waals surface area contributed by atoms with Crippen LogP contribution in [0.1, 0.15) is 61.6 Å². The lowest BCUT2D eigenvalue weighted by Crippen LogP contribution is -2.41. The zero-order valence-corrected chi connectivity index (χ0v) is 24.0. The molecule has 0 radical (unpaired) electrons. The summed E-state index contributed by atoms with van der Waals surface area (Å²) in [5.74, 6) is 2.50. The number of halogens is 1. The van der Waals surface area contributed by atoms with Crippen molar-refractivity contribution in [1.29, 1.82) is 0 Å². The largest absolute Gasteiger partial charge is 0.361 e. The highest BCUT2D eigenvalue weighted by Gasteiger charge is 2.36. The molecule has 1 saturated carbocycles. The van der Waals surface area contributed by atoms with Crippen molar-refractivity contribution in [2.45, 2.75) is 63.3 Å². The standard InChI is InChI=1S/C31H37ClN6S/c32-26-12-8-11-25(19-26)31(14-4-5-15-31)22-33-30(39)36-29-34-27(37-16-6-1-7-17-37)20-28(35-29)38-18-13-23-9-2-3-10-24(23)21-38/h2-3,8-12,19-20H,1,4-7,13-18,21-22H2,(H2,33,34,35,36,39). The highest BCUT2D eigenvalue weighted by atomic mass is 35.5. The van der Waals surface area contributed by atoms with Gasteiger partial charge in [-0.15, -0.1) is 0 Å². The Morgan fingerprint density at radius 2 is 1.59 bits per heavy atom. The van der Waals surface area contributed by atoms with Crippen LogP contribution in [0.3, 0.4) is 0 Å². The molecule has 3 aliphatic rings. The first-order chi connectivity index (χ1) is 19.1. The van der Waals surface area contributed by atoms with E-state index in [2.05, 4.69) is 69.0 Å². The predicted molar refractivity (Wildman–Crippen MR) is 165 cm³/mol. The Morgan fingerprint density at radius 1 is 0.846 bits per heavy atom. The number of piperidine rings is 1. The summed E-state index contributed by atoms with van der Waals surface area (Å²) in [7, 11) is 0. The number of nitrogens with one attached hydrogen (secondary N) is 2. The summed E-state index contributed by atoms with van der Waals surface area (Å²) < 4.78 is 0. The SMILES string of the molecule is S=C(NCC1(c2cccc(Cl)c2)CCCC1)Nc1nc(N2CCCCC2)cc(N2CCc3ccccc3C2)n1. The van der Waals surface area contributed by atoms with Gasteiger partial charge in [-0.05, 0) is 79.6 Å². The number of benzene rings is 2. The van der Waals surface area contributed by atoms with Crippen molar-refractivity contribution in [1.82, 2.24) is 15.3 Å². The van der Waals surface area contributed by atoms with E-state index < -0.39 is 0 Å². The lowest BCUT2D eigenvalue weighted by molar-refractivity contribution is 0.435. The van der Waals surface area contributed by atoms with Crippen molar-refractivity contribution in [2.75, 3.05) is 41.3 Å². The highest BCUT2D eigenvalue weighted by Crippen LogP contribution is 2.41. The minimum Gasteiger partial charge on any atom is -0.361 e. The molecule has 0 spiro atoms. The average molecular weight is 561 g/mol. The average Bonchev–Trinajstić information content (AvgIpc) is 3.46. The second-order valence-electron chi connectivity index (χ2n) is 11.2. The van der Waals surface area contributed by atoms with Crippen LogP contribution < -0.4 is 20.4 Å². The summed E-state index contributed by atoms with van der Waals surface area (Å²) in [6.07, 6.45) is 9.40. The van der Waals surface area contributed by atoms with Gasteiger partial charge in [0.1, 0.15) is 11.6 Å². The Kier molecular flexibility index (Phi) is 7.89. The topological polar surface area (TPSA) is 56.3 Å². The lowest BCUT2D eigenvalue weighted by Gasteiger charge is -2.32. The van der Waals surface area contributed by atoms with Gasteiger partial charge in [-0.25, -0.2) is 0 Å². The number of nitrogens with zero attached hydrogens (tertiary/aromatic N) is 4. The smallest absolute Gasteiger partial charge is 0.232 e. The normalized spacial score (nSPS) is 18.5. The molecular formula is C31H37ClN6S.